The molecule has 1 aliphatic heterocycles. The van der Waals surface area contributed by atoms with Crippen LogP contribution in [-0.2, 0) is 4.74 Å². The van der Waals surface area contributed by atoms with Crippen LogP contribution in [-0.4, -0.2) is 45.2 Å². The normalized spacial score (nSPS) is 26.0. The van der Waals surface area contributed by atoms with Gasteiger partial charge < -0.3 is 19.5 Å². The van der Waals surface area contributed by atoms with Gasteiger partial charge in [-0.15, -0.1) is 0 Å². The Morgan fingerprint density at radius 3 is 3.05 bits per heavy atom. The van der Waals surface area contributed by atoms with Gasteiger partial charge in [0.25, 0.3) is 0 Å². The number of hydrogen-bond donors (Lipinski definition) is 2. The average molecular weight is 292 g/mol. The Kier molecular flexibility index (Phi) is 4.01. The SMILES string of the molecule is OCC1OCCC(n2cnc(-c3cccc(F)c3)c2)C1O. The Morgan fingerprint density at radius 2 is 2.29 bits per heavy atom. The van der Waals surface area contributed by atoms with Crippen LogP contribution in [0.1, 0.15) is 12.5 Å². The number of benzene rings is 1. The highest BCUT2D eigenvalue weighted by atomic mass is 19.1. The van der Waals surface area contributed by atoms with Crippen LogP contribution in [0.4, 0.5) is 4.39 Å². The number of hydrogen-bond acceptors (Lipinski definition) is 4. The first-order valence-corrected chi connectivity index (χ1v) is 6.89. The van der Waals surface area contributed by atoms with Crippen molar-refractivity contribution in [1.82, 2.24) is 9.55 Å². The van der Waals surface area contributed by atoms with Crippen LogP contribution in [0.3, 0.4) is 0 Å². The molecular formula is C15H17FN2O3. The fourth-order valence-corrected chi connectivity index (χ4v) is 2.66. The number of halogens is 1. The molecule has 0 amide bonds. The molecule has 3 unspecified atom stereocenters. The minimum atomic E-state index is -0.793. The summed E-state index contributed by atoms with van der Waals surface area (Å²) < 4.78 is 20.4. The molecule has 3 rings (SSSR count). The van der Waals surface area contributed by atoms with Gasteiger partial charge in [-0.3, -0.25) is 0 Å². The second-order valence-electron chi connectivity index (χ2n) is 5.15. The largest absolute Gasteiger partial charge is 0.394 e. The molecule has 0 radical (unpaired) electrons. The highest BCUT2D eigenvalue weighted by molar-refractivity contribution is 5.58. The molecule has 0 bridgehead atoms. The van der Waals surface area contributed by atoms with Crippen LogP contribution < -0.4 is 0 Å². The van der Waals surface area contributed by atoms with Gasteiger partial charge in [-0.05, 0) is 18.6 Å². The van der Waals surface area contributed by atoms with Gasteiger partial charge in [0.1, 0.15) is 18.0 Å². The van der Waals surface area contributed by atoms with E-state index in [2.05, 4.69) is 4.98 Å². The number of rotatable bonds is 3. The number of aromatic nitrogens is 2. The second kappa shape index (κ2) is 5.93. The van der Waals surface area contributed by atoms with Crippen molar-refractivity contribution < 1.29 is 19.3 Å². The van der Waals surface area contributed by atoms with Crippen LogP contribution in [0.5, 0.6) is 0 Å². The topological polar surface area (TPSA) is 67.5 Å². The molecule has 1 aliphatic rings. The highest BCUT2D eigenvalue weighted by Crippen LogP contribution is 2.27. The molecule has 2 N–H and O–H groups in total. The van der Waals surface area contributed by atoms with Crippen LogP contribution in [0, 0.1) is 5.82 Å². The second-order valence-corrected chi connectivity index (χ2v) is 5.15. The summed E-state index contributed by atoms with van der Waals surface area (Å²) in [7, 11) is 0. The molecule has 112 valence electrons. The lowest BCUT2D eigenvalue weighted by atomic mass is 10.00. The van der Waals surface area contributed by atoms with Crippen molar-refractivity contribution in [2.75, 3.05) is 13.2 Å². The number of nitrogens with zero attached hydrogens (tertiary/aromatic N) is 2. The predicted octanol–water partition coefficient (Wildman–Crippen LogP) is 1.37. The smallest absolute Gasteiger partial charge is 0.123 e. The maximum absolute atomic E-state index is 13.3. The van der Waals surface area contributed by atoms with Crippen molar-refractivity contribution in [2.45, 2.75) is 24.7 Å². The third-order valence-electron chi connectivity index (χ3n) is 3.81. The van der Waals surface area contributed by atoms with Crippen molar-refractivity contribution in [3.63, 3.8) is 0 Å². The van der Waals surface area contributed by atoms with Gasteiger partial charge in [0.2, 0.25) is 0 Å². The zero-order valence-corrected chi connectivity index (χ0v) is 11.4. The Labute approximate surface area is 121 Å². The van der Waals surface area contributed by atoms with E-state index in [9.17, 15) is 14.6 Å². The average Bonchev–Trinajstić information content (AvgIpc) is 2.97. The number of ether oxygens (including phenoxy) is 1. The molecule has 5 nitrogen and oxygen atoms in total. The fraction of sp³-hybridized carbons (Fsp3) is 0.400. The molecule has 1 fully saturated rings. The minimum Gasteiger partial charge on any atom is -0.394 e. The van der Waals surface area contributed by atoms with Gasteiger partial charge in [-0.1, -0.05) is 12.1 Å². The van der Waals surface area contributed by atoms with E-state index >= 15 is 0 Å². The first kappa shape index (κ1) is 14.2. The lowest BCUT2D eigenvalue weighted by Gasteiger charge is -2.34. The summed E-state index contributed by atoms with van der Waals surface area (Å²) >= 11 is 0. The summed E-state index contributed by atoms with van der Waals surface area (Å²) in [4.78, 5) is 4.27. The van der Waals surface area contributed by atoms with Gasteiger partial charge in [0.15, 0.2) is 0 Å². The van der Waals surface area contributed by atoms with Crippen molar-refractivity contribution in [3.05, 3.63) is 42.6 Å². The quantitative estimate of drug-likeness (QED) is 0.896. The summed E-state index contributed by atoms with van der Waals surface area (Å²) in [6, 6.07) is 6.02. The molecule has 1 saturated heterocycles. The van der Waals surface area contributed by atoms with Crippen molar-refractivity contribution in [2.24, 2.45) is 0 Å². The number of aliphatic hydroxyl groups is 2. The monoisotopic (exact) mass is 292 g/mol. The molecule has 2 heterocycles. The molecule has 3 atom stereocenters. The molecule has 0 saturated carbocycles. The molecule has 6 heteroatoms. The molecule has 0 spiro atoms. The van der Waals surface area contributed by atoms with E-state index in [1.54, 1.807) is 29.2 Å². The lowest BCUT2D eigenvalue weighted by Crippen LogP contribution is -2.43. The van der Waals surface area contributed by atoms with Crippen molar-refractivity contribution in [1.29, 1.82) is 0 Å². The molecule has 0 aliphatic carbocycles. The Bertz CT molecular complexity index is 616. The fourth-order valence-electron chi connectivity index (χ4n) is 2.66. The zero-order chi connectivity index (χ0) is 14.8. The number of aliphatic hydroxyl groups excluding tert-OH is 2. The standard InChI is InChI=1S/C15H17FN2O3/c16-11-3-1-2-10(6-11)12-7-18(9-17-12)13-4-5-21-14(8-19)15(13)20/h1-3,6-7,9,13-15,19-20H,4-5,8H2. The predicted molar refractivity (Wildman–Crippen MR) is 74.1 cm³/mol. The lowest BCUT2D eigenvalue weighted by molar-refractivity contribution is -0.117. The molecule has 1 aromatic carbocycles. The van der Waals surface area contributed by atoms with Gasteiger partial charge in [-0.25, -0.2) is 9.37 Å². The first-order chi connectivity index (χ1) is 10.2. The highest BCUT2D eigenvalue weighted by Gasteiger charge is 2.33. The Balaban J connectivity index is 1.84. The molecule has 2 aromatic rings. The van der Waals surface area contributed by atoms with Crippen molar-refractivity contribution in [3.8, 4) is 11.3 Å². The van der Waals surface area contributed by atoms with Gasteiger partial charge in [-0.2, -0.15) is 0 Å². The molecule has 21 heavy (non-hydrogen) atoms. The van der Waals surface area contributed by atoms with Gasteiger partial charge >= 0.3 is 0 Å². The van der Waals surface area contributed by atoms with E-state index < -0.39 is 12.2 Å². The maximum Gasteiger partial charge on any atom is 0.123 e. The van der Waals surface area contributed by atoms with Crippen LogP contribution >= 0.6 is 0 Å². The maximum atomic E-state index is 13.3. The summed E-state index contributed by atoms with van der Waals surface area (Å²) in [5.74, 6) is -0.312. The molecular weight excluding hydrogens is 275 g/mol. The zero-order valence-electron chi connectivity index (χ0n) is 11.4. The van der Waals surface area contributed by atoms with Crippen LogP contribution in [0.25, 0.3) is 11.3 Å². The first-order valence-electron chi connectivity index (χ1n) is 6.89. The van der Waals surface area contributed by atoms with E-state index in [0.717, 1.165) is 0 Å². The summed E-state index contributed by atoms with van der Waals surface area (Å²) in [6.45, 7) is 0.254. The summed E-state index contributed by atoms with van der Waals surface area (Å²) in [6.07, 6.45) is 2.66. The van der Waals surface area contributed by atoms with Gasteiger partial charge in [0.05, 0.1) is 24.7 Å². The van der Waals surface area contributed by atoms with E-state index in [-0.39, 0.29) is 18.5 Å². The molecule has 1 aromatic heterocycles. The summed E-state index contributed by atoms with van der Waals surface area (Å²) in [5.41, 5.74) is 1.34. The van der Waals surface area contributed by atoms with Crippen molar-refractivity contribution >= 4 is 0 Å². The van der Waals surface area contributed by atoms with Gasteiger partial charge in [0, 0.05) is 18.4 Å². The number of imidazole rings is 1. The van der Waals surface area contributed by atoms with Crippen LogP contribution in [0.2, 0.25) is 0 Å². The summed E-state index contributed by atoms with van der Waals surface area (Å²) in [5, 5.41) is 19.4. The Hall–Kier alpha value is -1.76. The van der Waals surface area contributed by atoms with Crippen LogP contribution in [0.15, 0.2) is 36.8 Å². The van der Waals surface area contributed by atoms with E-state index in [4.69, 9.17) is 4.74 Å². The van der Waals surface area contributed by atoms with E-state index in [1.807, 2.05) is 0 Å². The third-order valence-corrected chi connectivity index (χ3v) is 3.81. The third kappa shape index (κ3) is 2.83. The van der Waals surface area contributed by atoms with E-state index in [1.165, 1.54) is 12.1 Å². The Morgan fingerprint density at radius 1 is 1.43 bits per heavy atom. The van der Waals surface area contributed by atoms with E-state index in [0.29, 0.717) is 24.3 Å². The minimum absolute atomic E-state index is 0.203.